The largest absolute Gasteiger partial charge is 0.497 e. The maximum absolute atomic E-state index is 5.46. The molecule has 6 rings (SSSR count). The van der Waals surface area contributed by atoms with Crippen LogP contribution in [0.4, 0.5) is 23.3 Å². The van der Waals surface area contributed by atoms with Crippen LogP contribution in [0.15, 0.2) is 83.0 Å². The van der Waals surface area contributed by atoms with Gasteiger partial charge in [0.1, 0.15) is 11.5 Å². The molecule has 0 fully saturated rings. The average molecular weight is 548 g/mol. The first-order chi connectivity index (χ1) is 20.2. The van der Waals surface area contributed by atoms with E-state index in [-0.39, 0.29) is 0 Å². The van der Waals surface area contributed by atoms with Gasteiger partial charge in [-0.15, -0.1) is 0 Å². The molecule has 0 saturated heterocycles. The number of aryl methyl sites for hydroxylation is 2. The molecule has 1 aromatic heterocycles. The van der Waals surface area contributed by atoms with E-state index < -0.39 is 0 Å². The number of hydrogen-bond acceptors (Lipinski definition) is 9. The number of hydrazone groups is 2. The smallest absolute Gasteiger partial charge is 0.231 e. The van der Waals surface area contributed by atoms with E-state index in [9.17, 15) is 0 Å². The van der Waals surface area contributed by atoms with E-state index >= 15 is 0 Å². The first-order valence-electron chi connectivity index (χ1n) is 13.9. The van der Waals surface area contributed by atoms with Crippen LogP contribution in [0, 0.1) is 0 Å². The molecule has 0 radical (unpaired) electrons. The molecule has 4 aromatic rings. The van der Waals surface area contributed by atoms with Crippen LogP contribution >= 0.6 is 0 Å². The summed E-state index contributed by atoms with van der Waals surface area (Å²) in [6.07, 6.45) is 5.88. The summed E-state index contributed by atoms with van der Waals surface area (Å²) in [7, 11) is 3.37. The van der Waals surface area contributed by atoms with Crippen LogP contribution in [0.1, 0.15) is 47.9 Å². The second-order valence-corrected chi connectivity index (χ2v) is 10.0. The molecule has 0 aliphatic heterocycles. The molecule has 9 nitrogen and oxygen atoms in total. The Morgan fingerprint density at radius 3 is 1.68 bits per heavy atom. The lowest BCUT2D eigenvalue weighted by Crippen LogP contribution is -2.15. The third-order valence-electron chi connectivity index (χ3n) is 7.34. The molecular weight excluding hydrogens is 514 g/mol. The normalized spacial score (nSPS) is 16.0. The van der Waals surface area contributed by atoms with Gasteiger partial charge in [-0.3, -0.25) is 10.9 Å². The molecule has 0 amide bonds. The zero-order chi connectivity index (χ0) is 28.0. The zero-order valence-corrected chi connectivity index (χ0v) is 23.3. The lowest BCUT2D eigenvalue weighted by Gasteiger charge is -2.19. The highest BCUT2D eigenvalue weighted by Crippen LogP contribution is 2.28. The summed E-state index contributed by atoms with van der Waals surface area (Å²) < 4.78 is 10.9. The third kappa shape index (κ3) is 6.14. The molecule has 0 atom stereocenters. The van der Waals surface area contributed by atoms with Crippen molar-refractivity contribution in [3.63, 3.8) is 0 Å². The molecule has 1 heterocycles. The van der Waals surface area contributed by atoms with Crippen LogP contribution < -0.4 is 25.6 Å². The maximum atomic E-state index is 5.46. The molecule has 0 unspecified atom stereocenters. The number of benzene rings is 3. The predicted molar refractivity (Wildman–Crippen MR) is 164 cm³/mol. The molecule has 208 valence electrons. The van der Waals surface area contributed by atoms with Gasteiger partial charge < -0.3 is 14.8 Å². The number of para-hydroxylation sites is 1. The van der Waals surface area contributed by atoms with Gasteiger partial charge in [-0.2, -0.15) is 20.2 Å². The van der Waals surface area contributed by atoms with Gasteiger partial charge in [0.05, 0.1) is 25.6 Å². The van der Waals surface area contributed by atoms with Gasteiger partial charge in [0.2, 0.25) is 5.95 Å². The van der Waals surface area contributed by atoms with Gasteiger partial charge in [-0.25, -0.2) is 0 Å². The number of ether oxygens (including phenoxy) is 2. The van der Waals surface area contributed by atoms with Gasteiger partial charge in [-0.05, 0) is 86.1 Å². The minimum atomic E-state index is 0.431. The number of anilines is 4. The molecule has 0 spiro atoms. The molecule has 0 saturated carbocycles. The van der Waals surface area contributed by atoms with Gasteiger partial charge >= 0.3 is 0 Å². The van der Waals surface area contributed by atoms with Crippen LogP contribution in [0.3, 0.4) is 0 Å². The summed E-state index contributed by atoms with van der Waals surface area (Å²) in [5.41, 5.74) is 14.0. The standard InChI is InChI=1S/C32H33N7O2/c1-40-24-16-14-21-8-6-12-28(26(21)18-24)36-38-30-20-31(35-32(34-30)33-23-10-4-3-5-11-23)39-37-29-13-7-9-22-15-17-25(41-2)19-27(22)29/h3-5,10-11,14-20H,6-9,12-13H2,1-2H3,(H3,33,34,35,38,39). The minimum absolute atomic E-state index is 0.431. The lowest BCUT2D eigenvalue weighted by atomic mass is 9.90. The van der Waals surface area contributed by atoms with E-state index in [2.05, 4.69) is 50.4 Å². The predicted octanol–water partition coefficient (Wildman–Crippen LogP) is 6.54. The minimum Gasteiger partial charge on any atom is -0.497 e. The first-order valence-corrected chi connectivity index (χ1v) is 13.9. The Morgan fingerprint density at radius 1 is 0.634 bits per heavy atom. The Labute approximate surface area is 239 Å². The fraction of sp³-hybridized carbons (Fsp3) is 0.250. The Morgan fingerprint density at radius 2 is 1.17 bits per heavy atom. The summed E-state index contributed by atoms with van der Waals surface area (Å²) in [4.78, 5) is 9.37. The van der Waals surface area contributed by atoms with E-state index in [1.807, 2.05) is 48.5 Å². The highest BCUT2D eigenvalue weighted by molar-refractivity contribution is 6.04. The third-order valence-corrected chi connectivity index (χ3v) is 7.34. The van der Waals surface area contributed by atoms with Crippen molar-refractivity contribution in [3.05, 3.63) is 95.1 Å². The number of hydrogen-bond donors (Lipinski definition) is 3. The summed E-state index contributed by atoms with van der Waals surface area (Å²) in [6, 6.07) is 24.0. The molecule has 41 heavy (non-hydrogen) atoms. The van der Waals surface area contributed by atoms with Crippen molar-refractivity contribution in [1.82, 2.24) is 9.97 Å². The van der Waals surface area contributed by atoms with Crippen LogP contribution in [-0.2, 0) is 12.8 Å². The highest BCUT2D eigenvalue weighted by Gasteiger charge is 2.18. The number of fused-ring (bicyclic) bond motifs is 2. The number of nitrogens with zero attached hydrogens (tertiary/aromatic N) is 4. The molecular formula is C32H33N7O2. The molecule has 9 heteroatoms. The van der Waals surface area contributed by atoms with Gasteiger partial charge in [-0.1, -0.05) is 30.3 Å². The van der Waals surface area contributed by atoms with E-state index in [1.165, 1.54) is 11.1 Å². The van der Waals surface area contributed by atoms with E-state index in [0.29, 0.717) is 17.6 Å². The molecule has 3 N–H and O–H groups in total. The highest BCUT2D eigenvalue weighted by atomic mass is 16.5. The molecule has 2 aliphatic rings. The van der Waals surface area contributed by atoms with Crippen molar-refractivity contribution in [1.29, 1.82) is 0 Å². The molecule has 3 aromatic carbocycles. The fourth-order valence-electron chi connectivity index (χ4n) is 5.25. The summed E-state index contributed by atoms with van der Waals surface area (Å²) in [5, 5.41) is 12.8. The van der Waals surface area contributed by atoms with Crippen molar-refractivity contribution in [2.75, 3.05) is 30.4 Å². The summed E-state index contributed by atoms with van der Waals surface area (Å²) in [5.74, 6) is 3.17. The van der Waals surface area contributed by atoms with Gasteiger partial charge in [0.25, 0.3) is 0 Å². The topological polar surface area (TPSA) is 105 Å². The molecule has 0 bridgehead atoms. The Kier molecular flexibility index (Phi) is 7.75. The quantitative estimate of drug-likeness (QED) is 0.215. The van der Waals surface area contributed by atoms with Crippen molar-refractivity contribution < 1.29 is 9.47 Å². The SMILES string of the molecule is COc1ccc2c(c1)C(=NNc1cc(NN=C3CCCc4ccc(OC)cc43)nc(Nc3ccccc3)n1)CCC2. The van der Waals surface area contributed by atoms with Crippen LogP contribution in [0.5, 0.6) is 11.5 Å². The van der Waals surface area contributed by atoms with Gasteiger partial charge in [0.15, 0.2) is 11.6 Å². The fourth-order valence-corrected chi connectivity index (χ4v) is 5.25. The lowest BCUT2D eigenvalue weighted by molar-refractivity contribution is 0.414. The first kappa shape index (κ1) is 26.3. The van der Waals surface area contributed by atoms with E-state index in [0.717, 1.165) is 78.3 Å². The maximum Gasteiger partial charge on any atom is 0.231 e. The molecule has 2 aliphatic carbocycles. The Hall–Kier alpha value is -4.92. The second-order valence-electron chi connectivity index (χ2n) is 10.0. The zero-order valence-electron chi connectivity index (χ0n) is 23.3. The average Bonchev–Trinajstić information content (AvgIpc) is 3.02. The number of nitrogens with one attached hydrogen (secondary N) is 3. The van der Waals surface area contributed by atoms with E-state index in [1.54, 1.807) is 14.2 Å². The monoisotopic (exact) mass is 547 g/mol. The number of aromatic nitrogens is 2. The van der Waals surface area contributed by atoms with Crippen molar-refractivity contribution >= 4 is 34.7 Å². The van der Waals surface area contributed by atoms with Crippen LogP contribution in [-0.4, -0.2) is 35.6 Å². The van der Waals surface area contributed by atoms with Crippen molar-refractivity contribution in [2.24, 2.45) is 10.2 Å². The van der Waals surface area contributed by atoms with Crippen LogP contribution in [0.25, 0.3) is 0 Å². The van der Waals surface area contributed by atoms with Crippen molar-refractivity contribution in [3.8, 4) is 11.5 Å². The summed E-state index contributed by atoms with van der Waals surface area (Å²) in [6.45, 7) is 0. The Bertz CT molecular complexity index is 1510. The van der Waals surface area contributed by atoms with Crippen LogP contribution in [0.2, 0.25) is 0 Å². The Balaban J connectivity index is 1.30. The number of methoxy groups -OCH3 is 2. The van der Waals surface area contributed by atoms with Crippen molar-refractivity contribution in [2.45, 2.75) is 38.5 Å². The second kappa shape index (κ2) is 12.1. The van der Waals surface area contributed by atoms with Gasteiger partial charge in [0, 0.05) is 22.9 Å². The van der Waals surface area contributed by atoms with E-state index in [4.69, 9.17) is 19.7 Å². The number of rotatable bonds is 8. The summed E-state index contributed by atoms with van der Waals surface area (Å²) >= 11 is 0.